The zero-order valence-electron chi connectivity index (χ0n) is 11.9. The lowest BCUT2D eigenvalue weighted by atomic mass is 10.2. The fourth-order valence-corrected chi connectivity index (χ4v) is 2.93. The summed E-state index contributed by atoms with van der Waals surface area (Å²) in [6, 6.07) is 10.5. The molecule has 2 aromatic rings. The Morgan fingerprint density at radius 1 is 1.30 bits per heavy atom. The Labute approximate surface area is 124 Å². The van der Waals surface area contributed by atoms with Gasteiger partial charge in [-0.3, -0.25) is 0 Å². The molecule has 1 N–H and O–H groups in total. The average molecular weight is 285 g/mol. The van der Waals surface area contributed by atoms with Crippen LogP contribution >= 0.6 is 11.3 Å². The lowest BCUT2D eigenvalue weighted by Crippen LogP contribution is -2.16. The van der Waals surface area contributed by atoms with Crippen molar-refractivity contribution in [3.8, 4) is 11.8 Å². The molecule has 0 radical (unpaired) electrons. The lowest BCUT2D eigenvalue weighted by Gasteiger charge is -2.20. The van der Waals surface area contributed by atoms with Crippen molar-refractivity contribution < 1.29 is 5.11 Å². The maximum atomic E-state index is 8.71. The molecule has 0 unspecified atom stereocenters. The summed E-state index contributed by atoms with van der Waals surface area (Å²) in [5.41, 5.74) is 3.58. The summed E-state index contributed by atoms with van der Waals surface area (Å²) in [4.78, 5) is 3.55. The van der Waals surface area contributed by atoms with Gasteiger partial charge in [-0.2, -0.15) is 0 Å². The number of para-hydroxylation sites is 1. The monoisotopic (exact) mass is 285 g/mol. The molecule has 104 valence electrons. The number of aliphatic hydroxyl groups is 1. The van der Waals surface area contributed by atoms with Crippen LogP contribution in [-0.4, -0.2) is 18.8 Å². The normalized spacial score (nSPS) is 9.95. The number of anilines is 1. The Kier molecular flexibility index (Phi) is 5.23. The summed E-state index contributed by atoms with van der Waals surface area (Å²) >= 11 is 1.73. The lowest BCUT2D eigenvalue weighted by molar-refractivity contribution is 0.305. The molecule has 1 aromatic heterocycles. The highest BCUT2D eigenvalue weighted by atomic mass is 32.1. The van der Waals surface area contributed by atoms with Crippen molar-refractivity contribution in [3.63, 3.8) is 0 Å². The molecular weight excluding hydrogens is 266 g/mol. The first kappa shape index (κ1) is 14.6. The van der Waals surface area contributed by atoms with E-state index in [0.717, 1.165) is 12.1 Å². The quantitative estimate of drug-likeness (QED) is 0.870. The van der Waals surface area contributed by atoms with Gasteiger partial charge in [0.25, 0.3) is 0 Å². The second kappa shape index (κ2) is 7.14. The number of benzene rings is 1. The molecule has 2 nitrogen and oxygen atoms in total. The SMILES string of the molecule is Cc1ccccc1N(C)Cc1cc(C#CCCO)cs1. The molecule has 0 aliphatic rings. The predicted molar refractivity (Wildman–Crippen MR) is 86.2 cm³/mol. The van der Waals surface area contributed by atoms with E-state index < -0.39 is 0 Å². The zero-order chi connectivity index (χ0) is 14.4. The number of hydrogen-bond donors (Lipinski definition) is 1. The summed E-state index contributed by atoms with van der Waals surface area (Å²) in [5.74, 6) is 6.02. The van der Waals surface area contributed by atoms with Crippen LogP contribution in [0.3, 0.4) is 0 Å². The molecule has 1 heterocycles. The van der Waals surface area contributed by atoms with Gasteiger partial charge in [0, 0.05) is 35.0 Å². The van der Waals surface area contributed by atoms with Crippen LogP contribution in [0.15, 0.2) is 35.7 Å². The van der Waals surface area contributed by atoms with Gasteiger partial charge in [0.2, 0.25) is 0 Å². The molecule has 0 aliphatic carbocycles. The second-order valence-corrected chi connectivity index (χ2v) is 5.72. The Morgan fingerprint density at radius 3 is 2.85 bits per heavy atom. The van der Waals surface area contributed by atoms with Crippen LogP contribution < -0.4 is 4.90 Å². The molecule has 2 rings (SSSR count). The van der Waals surface area contributed by atoms with Gasteiger partial charge in [-0.05, 0) is 24.6 Å². The van der Waals surface area contributed by atoms with Crippen LogP contribution in [-0.2, 0) is 6.54 Å². The maximum Gasteiger partial charge on any atom is 0.0540 e. The number of aliphatic hydroxyl groups excluding tert-OH is 1. The molecule has 3 heteroatoms. The van der Waals surface area contributed by atoms with Gasteiger partial charge in [0.1, 0.15) is 0 Å². The number of hydrogen-bond acceptors (Lipinski definition) is 3. The molecule has 0 aliphatic heterocycles. The van der Waals surface area contributed by atoms with Crippen molar-refractivity contribution >= 4 is 17.0 Å². The highest BCUT2D eigenvalue weighted by Crippen LogP contribution is 2.22. The Bertz CT molecular complexity index is 621. The van der Waals surface area contributed by atoms with Gasteiger partial charge in [-0.25, -0.2) is 0 Å². The Morgan fingerprint density at radius 2 is 2.10 bits per heavy atom. The van der Waals surface area contributed by atoms with Crippen molar-refractivity contribution in [2.75, 3.05) is 18.6 Å². The smallest absolute Gasteiger partial charge is 0.0540 e. The third-order valence-electron chi connectivity index (χ3n) is 3.04. The van der Waals surface area contributed by atoms with Crippen molar-refractivity contribution in [1.82, 2.24) is 0 Å². The zero-order valence-corrected chi connectivity index (χ0v) is 12.7. The van der Waals surface area contributed by atoms with Crippen molar-refractivity contribution in [2.24, 2.45) is 0 Å². The summed E-state index contributed by atoms with van der Waals surface area (Å²) < 4.78 is 0. The molecule has 0 bridgehead atoms. The van der Waals surface area contributed by atoms with Gasteiger partial charge in [-0.15, -0.1) is 11.3 Å². The Hall–Kier alpha value is -1.76. The molecule has 1 aromatic carbocycles. The van der Waals surface area contributed by atoms with Crippen LogP contribution in [0, 0.1) is 18.8 Å². The molecular formula is C17H19NOS. The van der Waals surface area contributed by atoms with Crippen LogP contribution in [0.25, 0.3) is 0 Å². The van der Waals surface area contributed by atoms with Crippen LogP contribution in [0.1, 0.15) is 22.4 Å². The van der Waals surface area contributed by atoms with E-state index in [1.807, 2.05) is 0 Å². The van der Waals surface area contributed by atoms with E-state index in [9.17, 15) is 0 Å². The average Bonchev–Trinajstić information content (AvgIpc) is 2.87. The third kappa shape index (κ3) is 3.86. The standard InChI is InChI=1S/C17H19NOS/c1-14-7-3-4-9-17(14)18(2)12-16-11-15(13-20-16)8-5-6-10-19/h3-4,7,9,11,13,19H,6,10,12H2,1-2H3. The maximum absolute atomic E-state index is 8.71. The van der Waals surface area contributed by atoms with Crippen LogP contribution in [0.2, 0.25) is 0 Å². The largest absolute Gasteiger partial charge is 0.395 e. The molecule has 0 saturated carbocycles. The van der Waals surface area contributed by atoms with E-state index in [2.05, 4.69) is 66.4 Å². The summed E-state index contributed by atoms with van der Waals surface area (Å²) in [6.45, 7) is 3.14. The van der Waals surface area contributed by atoms with Crippen molar-refractivity contribution in [1.29, 1.82) is 0 Å². The number of nitrogens with zero attached hydrogens (tertiary/aromatic N) is 1. The van der Waals surface area contributed by atoms with Crippen LogP contribution in [0.5, 0.6) is 0 Å². The van der Waals surface area contributed by atoms with E-state index in [0.29, 0.717) is 6.42 Å². The number of rotatable bonds is 4. The highest BCUT2D eigenvalue weighted by Gasteiger charge is 2.06. The molecule has 0 fully saturated rings. The van der Waals surface area contributed by atoms with E-state index in [4.69, 9.17) is 5.11 Å². The van der Waals surface area contributed by atoms with E-state index >= 15 is 0 Å². The van der Waals surface area contributed by atoms with Crippen molar-refractivity contribution in [2.45, 2.75) is 19.9 Å². The van der Waals surface area contributed by atoms with Gasteiger partial charge in [-0.1, -0.05) is 30.0 Å². The first-order valence-corrected chi connectivity index (χ1v) is 7.52. The fourth-order valence-electron chi connectivity index (χ4n) is 2.06. The van der Waals surface area contributed by atoms with E-state index in [1.165, 1.54) is 16.1 Å². The second-order valence-electron chi connectivity index (χ2n) is 4.72. The molecule has 0 atom stereocenters. The van der Waals surface area contributed by atoms with Gasteiger partial charge >= 0.3 is 0 Å². The van der Waals surface area contributed by atoms with E-state index in [1.54, 1.807) is 11.3 Å². The molecule has 0 spiro atoms. The van der Waals surface area contributed by atoms with Gasteiger partial charge in [0.05, 0.1) is 13.2 Å². The minimum absolute atomic E-state index is 0.125. The summed E-state index contributed by atoms with van der Waals surface area (Å²) in [7, 11) is 2.11. The summed E-state index contributed by atoms with van der Waals surface area (Å²) in [5, 5.41) is 10.8. The van der Waals surface area contributed by atoms with Crippen molar-refractivity contribution in [3.05, 3.63) is 51.7 Å². The topological polar surface area (TPSA) is 23.5 Å². The minimum Gasteiger partial charge on any atom is -0.395 e. The number of thiophene rings is 1. The summed E-state index contributed by atoms with van der Waals surface area (Å²) in [6.07, 6.45) is 0.536. The first-order chi connectivity index (χ1) is 9.70. The Balaban J connectivity index is 2.04. The molecule has 20 heavy (non-hydrogen) atoms. The molecule has 0 amide bonds. The highest BCUT2D eigenvalue weighted by molar-refractivity contribution is 7.10. The van der Waals surface area contributed by atoms with E-state index in [-0.39, 0.29) is 6.61 Å². The van der Waals surface area contributed by atoms with Gasteiger partial charge < -0.3 is 10.0 Å². The number of aryl methyl sites for hydroxylation is 1. The molecule has 0 saturated heterocycles. The van der Waals surface area contributed by atoms with Gasteiger partial charge in [0.15, 0.2) is 0 Å². The first-order valence-electron chi connectivity index (χ1n) is 6.64. The van der Waals surface area contributed by atoms with Crippen LogP contribution in [0.4, 0.5) is 5.69 Å². The minimum atomic E-state index is 0.125. The predicted octanol–water partition coefficient (Wildman–Crippen LogP) is 3.43. The fraction of sp³-hybridized carbons (Fsp3) is 0.294. The third-order valence-corrected chi connectivity index (χ3v) is 3.96.